The number of halogens is 3. The number of rotatable bonds is 5. The third-order valence-electron chi connectivity index (χ3n) is 3.07. The molecule has 1 heterocycles. The fraction of sp³-hybridized carbons (Fsp3) is 0.917. The van der Waals surface area contributed by atoms with Crippen LogP contribution in [0, 0.1) is 0 Å². The molecule has 0 aromatic rings. The van der Waals surface area contributed by atoms with Gasteiger partial charge in [-0.1, -0.05) is 19.8 Å². The predicted octanol–water partition coefficient (Wildman–Crippen LogP) is 2.32. The summed E-state index contributed by atoms with van der Waals surface area (Å²) in [5, 5.41) is 3.00. The van der Waals surface area contributed by atoms with Crippen LogP contribution in [0.25, 0.3) is 0 Å². The molecule has 1 amide bonds. The van der Waals surface area contributed by atoms with Gasteiger partial charge in [-0.25, -0.2) is 0 Å². The highest BCUT2D eigenvalue weighted by Gasteiger charge is 2.35. The number of alkyl halides is 3. The summed E-state index contributed by atoms with van der Waals surface area (Å²) in [5.74, 6) is -0.402. The fourth-order valence-corrected chi connectivity index (χ4v) is 2.12. The largest absolute Gasteiger partial charge is 0.406 e. The van der Waals surface area contributed by atoms with E-state index in [2.05, 4.69) is 5.32 Å². The van der Waals surface area contributed by atoms with Crippen molar-refractivity contribution in [2.24, 2.45) is 0 Å². The summed E-state index contributed by atoms with van der Waals surface area (Å²) in [4.78, 5) is 13.0. The highest BCUT2D eigenvalue weighted by Crippen LogP contribution is 2.19. The molecule has 1 atom stereocenters. The van der Waals surface area contributed by atoms with Gasteiger partial charge in [0.2, 0.25) is 5.91 Å². The van der Waals surface area contributed by atoms with Crippen molar-refractivity contribution in [2.75, 3.05) is 19.6 Å². The summed E-state index contributed by atoms with van der Waals surface area (Å²) in [7, 11) is 0. The van der Waals surface area contributed by atoms with Crippen LogP contribution in [0.5, 0.6) is 0 Å². The molecule has 0 aromatic heterocycles. The first-order valence-corrected chi connectivity index (χ1v) is 6.53. The average molecular weight is 266 g/mol. The molecule has 1 saturated heterocycles. The minimum Gasteiger partial charge on any atom is -0.332 e. The Morgan fingerprint density at radius 2 is 2.11 bits per heavy atom. The minimum atomic E-state index is -4.32. The minimum absolute atomic E-state index is 0.188. The van der Waals surface area contributed by atoms with Gasteiger partial charge in [0.15, 0.2) is 0 Å². The Hall–Kier alpha value is -0.780. The summed E-state index contributed by atoms with van der Waals surface area (Å²) in [6.45, 7) is 1.66. The predicted molar refractivity (Wildman–Crippen MR) is 63.2 cm³/mol. The number of carbonyl (C=O) groups is 1. The molecule has 0 unspecified atom stereocenters. The van der Waals surface area contributed by atoms with E-state index >= 15 is 0 Å². The van der Waals surface area contributed by atoms with Crippen molar-refractivity contribution in [1.29, 1.82) is 0 Å². The summed E-state index contributed by atoms with van der Waals surface area (Å²) >= 11 is 0. The molecule has 1 N–H and O–H groups in total. The zero-order valence-electron chi connectivity index (χ0n) is 10.7. The van der Waals surface area contributed by atoms with Crippen molar-refractivity contribution in [3.05, 3.63) is 0 Å². The summed E-state index contributed by atoms with van der Waals surface area (Å²) in [6, 6.07) is -0.432. The van der Waals surface area contributed by atoms with Crippen LogP contribution >= 0.6 is 0 Å². The molecule has 0 aliphatic carbocycles. The molecule has 1 aliphatic rings. The van der Waals surface area contributed by atoms with E-state index < -0.39 is 24.7 Å². The van der Waals surface area contributed by atoms with E-state index in [9.17, 15) is 18.0 Å². The lowest BCUT2D eigenvalue weighted by molar-refractivity contribution is -0.163. The third-order valence-corrected chi connectivity index (χ3v) is 3.07. The van der Waals surface area contributed by atoms with Crippen molar-refractivity contribution in [2.45, 2.75) is 51.2 Å². The maximum atomic E-state index is 12.4. The van der Waals surface area contributed by atoms with Gasteiger partial charge in [0.1, 0.15) is 6.54 Å². The quantitative estimate of drug-likeness (QED) is 0.828. The van der Waals surface area contributed by atoms with E-state index in [1.165, 1.54) is 0 Å². The van der Waals surface area contributed by atoms with Gasteiger partial charge in [0.25, 0.3) is 0 Å². The van der Waals surface area contributed by atoms with Crippen molar-refractivity contribution >= 4 is 5.91 Å². The fourth-order valence-electron chi connectivity index (χ4n) is 2.12. The van der Waals surface area contributed by atoms with Gasteiger partial charge in [-0.3, -0.25) is 4.79 Å². The maximum absolute atomic E-state index is 12.4. The highest BCUT2D eigenvalue weighted by molar-refractivity contribution is 5.82. The number of carbonyl (C=O) groups excluding carboxylic acids is 1. The van der Waals surface area contributed by atoms with Gasteiger partial charge in [-0.15, -0.1) is 0 Å². The molecular formula is C12H21F3N2O. The van der Waals surface area contributed by atoms with E-state index in [1.54, 1.807) is 0 Å². The summed E-state index contributed by atoms with van der Waals surface area (Å²) in [5.41, 5.74) is 0. The summed E-state index contributed by atoms with van der Waals surface area (Å²) in [6.07, 6.45) is -0.416. The van der Waals surface area contributed by atoms with Crippen LogP contribution in [0.2, 0.25) is 0 Å². The second-order valence-electron chi connectivity index (χ2n) is 4.73. The number of piperidine rings is 1. The van der Waals surface area contributed by atoms with Crippen LogP contribution in [0.1, 0.15) is 39.0 Å². The number of amides is 1. The van der Waals surface area contributed by atoms with Crippen LogP contribution in [-0.2, 0) is 4.79 Å². The molecule has 6 heteroatoms. The van der Waals surface area contributed by atoms with Crippen molar-refractivity contribution in [3.8, 4) is 0 Å². The molecule has 0 aromatic carbocycles. The Morgan fingerprint density at radius 1 is 1.39 bits per heavy atom. The number of hydrogen-bond acceptors (Lipinski definition) is 2. The topological polar surface area (TPSA) is 32.3 Å². The van der Waals surface area contributed by atoms with Crippen LogP contribution in [0.3, 0.4) is 0 Å². The van der Waals surface area contributed by atoms with Gasteiger partial charge in [0.05, 0.1) is 6.04 Å². The summed E-state index contributed by atoms with van der Waals surface area (Å²) < 4.78 is 37.3. The number of hydrogen-bond donors (Lipinski definition) is 1. The molecule has 1 rings (SSSR count). The Bertz CT molecular complexity index is 263. The molecule has 18 heavy (non-hydrogen) atoms. The molecule has 3 nitrogen and oxygen atoms in total. The van der Waals surface area contributed by atoms with Crippen LogP contribution in [-0.4, -0.2) is 42.7 Å². The third kappa shape index (κ3) is 5.25. The molecule has 0 spiro atoms. The molecule has 1 aliphatic heterocycles. The van der Waals surface area contributed by atoms with Crippen molar-refractivity contribution in [3.63, 3.8) is 0 Å². The van der Waals surface area contributed by atoms with Crippen LogP contribution < -0.4 is 5.32 Å². The van der Waals surface area contributed by atoms with Gasteiger partial charge in [0, 0.05) is 6.54 Å². The average Bonchev–Trinajstić information content (AvgIpc) is 2.33. The number of nitrogens with zero attached hydrogens (tertiary/aromatic N) is 1. The SMILES string of the molecule is CCCCN(CC(F)(F)F)C(=O)[C@H]1CCCCN1. The normalized spacial score (nSPS) is 20.8. The van der Waals surface area contributed by atoms with Crippen LogP contribution in [0.4, 0.5) is 13.2 Å². The van der Waals surface area contributed by atoms with Gasteiger partial charge >= 0.3 is 6.18 Å². The van der Waals surface area contributed by atoms with Crippen molar-refractivity contribution < 1.29 is 18.0 Å². The molecule has 0 radical (unpaired) electrons. The lowest BCUT2D eigenvalue weighted by Gasteiger charge is -2.30. The van der Waals surface area contributed by atoms with Gasteiger partial charge in [-0.05, 0) is 25.8 Å². The molecular weight excluding hydrogens is 245 g/mol. The van der Waals surface area contributed by atoms with Crippen LogP contribution in [0.15, 0.2) is 0 Å². The highest BCUT2D eigenvalue weighted by atomic mass is 19.4. The van der Waals surface area contributed by atoms with Gasteiger partial charge < -0.3 is 10.2 Å². The second kappa shape index (κ2) is 6.97. The monoisotopic (exact) mass is 266 g/mol. The second-order valence-corrected chi connectivity index (χ2v) is 4.73. The zero-order valence-corrected chi connectivity index (χ0v) is 10.7. The first kappa shape index (κ1) is 15.3. The van der Waals surface area contributed by atoms with E-state index in [-0.39, 0.29) is 6.54 Å². The van der Waals surface area contributed by atoms with Crippen molar-refractivity contribution in [1.82, 2.24) is 10.2 Å². The van der Waals surface area contributed by atoms with E-state index in [4.69, 9.17) is 0 Å². The van der Waals surface area contributed by atoms with Gasteiger partial charge in [-0.2, -0.15) is 13.2 Å². The van der Waals surface area contributed by atoms with E-state index in [1.807, 2.05) is 6.92 Å². The molecule has 0 saturated carbocycles. The Morgan fingerprint density at radius 3 is 2.61 bits per heavy atom. The number of nitrogens with one attached hydrogen (secondary N) is 1. The Kier molecular flexibility index (Phi) is 5.91. The lowest BCUT2D eigenvalue weighted by Crippen LogP contribution is -2.51. The maximum Gasteiger partial charge on any atom is 0.406 e. The first-order valence-electron chi connectivity index (χ1n) is 6.53. The Balaban J connectivity index is 2.59. The molecule has 106 valence electrons. The number of unbranched alkanes of at least 4 members (excludes halogenated alkanes) is 1. The lowest BCUT2D eigenvalue weighted by atomic mass is 10.0. The smallest absolute Gasteiger partial charge is 0.332 e. The van der Waals surface area contributed by atoms with E-state index in [0.29, 0.717) is 19.4 Å². The molecule has 1 fully saturated rings. The zero-order chi connectivity index (χ0) is 13.6. The molecule has 0 bridgehead atoms. The standard InChI is InChI=1S/C12H21F3N2O/c1-2-3-8-17(9-12(13,14)15)11(18)10-6-4-5-7-16-10/h10,16H,2-9H2,1H3/t10-/m1/s1. The Labute approximate surface area is 106 Å². The first-order chi connectivity index (χ1) is 8.44. The van der Waals surface area contributed by atoms with E-state index in [0.717, 1.165) is 24.2 Å².